The number of non-ortho nitro benzene ring substituents is 1. The number of halogens is 1. The smallest absolute Gasteiger partial charge is 0.313 e. The summed E-state index contributed by atoms with van der Waals surface area (Å²) in [6, 6.07) is 17.3. The standard InChI is InChI=1S/C20H14ClNO6S/c21-17-7-3-15(4-8-17)20(23)16-5-11-19(12-6-16)28-29(26,27)13-14-1-9-18(10-2-14)22(24)25/h1-12H,13H2. The number of carbonyl (C=O) groups is 1. The van der Waals surface area contributed by atoms with E-state index in [4.69, 9.17) is 15.8 Å². The lowest BCUT2D eigenvalue weighted by atomic mass is 10.0. The van der Waals surface area contributed by atoms with Gasteiger partial charge in [0.2, 0.25) is 0 Å². The molecule has 7 nitrogen and oxygen atoms in total. The number of benzene rings is 3. The SMILES string of the molecule is O=C(c1ccc(Cl)cc1)c1ccc(OS(=O)(=O)Cc2ccc([N+](=O)[O-])cc2)cc1. The number of hydrogen-bond donors (Lipinski definition) is 0. The summed E-state index contributed by atoms with van der Waals surface area (Å²) in [7, 11) is -3.98. The van der Waals surface area contributed by atoms with E-state index in [1.54, 1.807) is 24.3 Å². The Kier molecular flexibility index (Phi) is 5.95. The first-order valence-electron chi connectivity index (χ1n) is 8.29. The van der Waals surface area contributed by atoms with E-state index in [1.807, 2.05) is 0 Å². The molecule has 0 radical (unpaired) electrons. The van der Waals surface area contributed by atoms with E-state index in [1.165, 1.54) is 48.5 Å². The van der Waals surface area contributed by atoms with Gasteiger partial charge in [-0.1, -0.05) is 23.7 Å². The van der Waals surface area contributed by atoms with Crippen molar-refractivity contribution in [2.24, 2.45) is 0 Å². The number of nitro benzene ring substituents is 1. The van der Waals surface area contributed by atoms with Gasteiger partial charge in [0.1, 0.15) is 11.5 Å². The van der Waals surface area contributed by atoms with Crippen molar-refractivity contribution >= 4 is 33.2 Å². The van der Waals surface area contributed by atoms with E-state index in [0.29, 0.717) is 21.7 Å². The summed E-state index contributed by atoms with van der Waals surface area (Å²) in [6.45, 7) is 0. The highest BCUT2D eigenvalue weighted by Crippen LogP contribution is 2.20. The van der Waals surface area contributed by atoms with Crippen LogP contribution in [0.5, 0.6) is 5.75 Å². The monoisotopic (exact) mass is 431 g/mol. The Hall–Kier alpha value is -3.23. The van der Waals surface area contributed by atoms with E-state index in [9.17, 15) is 23.3 Å². The predicted octanol–water partition coefficient (Wildman–Crippen LogP) is 4.39. The fourth-order valence-corrected chi connectivity index (χ4v) is 3.71. The first kappa shape index (κ1) is 20.5. The highest BCUT2D eigenvalue weighted by atomic mass is 35.5. The Balaban J connectivity index is 1.68. The van der Waals surface area contributed by atoms with Gasteiger partial charge in [0.25, 0.3) is 5.69 Å². The van der Waals surface area contributed by atoms with Gasteiger partial charge in [-0.15, -0.1) is 0 Å². The molecule has 0 aliphatic carbocycles. The molecule has 3 rings (SSSR count). The summed E-state index contributed by atoms with van der Waals surface area (Å²) in [6.07, 6.45) is 0. The quantitative estimate of drug-likeness (QED) is 0.238. The molecule has 0 N–H and O–H groups in total. The molecule has 0 aromatic heterocycles. The molecule has 148 valence electrons. The number of nitrogens with zero attached hydrogens (tertiary/aromatic N) is 1. The first-order valence-corrected chi connectivity index (χ1v) is 10.2. The first-order chi connectivity index (χ1) is 13.7. The van der Waals surface area contributed by atoms with E-state index in [-0.39, 0.29) is 17.2 Å². The van der Waals surface area contributed by atoms with Crippen LogP contribution in [0.2, 0.25) is 5.02 Å². The Morgan fingerprint density at radius 3 is 1.93 bits per heavy atom. The van der Waals surface area contributed by atoms with Crippen molar-refractivity contribution in [1.29, 1.82) is 0 Å². The molecule has 0 amide bonds. The molecule has 0 aliphatic heterocycles. The molecule has 0 bridgehead atoms. The zero-order chi connectivity index (χ0) is 21.0. The minimum Gasteiger partial charge on any atom is -0.382 e. The molecule has 3 aromatic carbocycles. The average molecular weight is 432 g/mol. The zero-order valence-corrected chi connectivity index (χ0v) is 16.4. The largest absolute Gasteiger partial charge is 0.382 e. The van der Waals surface area contributed by atoms with Gasteiger partial charge >= 0.3 is 10.1 Å². The van der Waals surface area contributed by atoms with Crippen molar-refractivity contribution < 1.29 is 22.3 Å². The Morgan fingerprint density at radius 1 is 0.897 bits per heavy atom. The molecule has 0 heterocycles. The van der Waals surface area contributed by atoms with E-state index < -0.39 is 20.8 Å². The van der Waals surface area contributed by atoms with Gasteiger partial charge in [-0.05, 0) is 54.1 Å². The van der Waals surface area contributed by atoms with Crippen molar-refractivity contribution in [3.63, 3.8) is 0 Å². The van der Waals surface area contributed by atoms with Crippen LogP contribution in [0.25, 0.3) is 0 Å². The lowest BCUT2D eigenvalue weighted by Gasteiger charge is -2.08. The van der Waals surface area contributed by atoms with Crippen molar-refractivity contribution in [3.05, 3.63) is 105 Å². The molecule has 0 saturated carbocycles. The Morgan fingerprint density at radius 2 is 1.41 bits per heavy atom. The van der Waals surface area contributed by atoms with Crippen molar-refractivity contribution in [1.82, 2.24) is 0 Å². The second-order valence-corrected chi connectivity index (χ2v) is 8.08. The summed E-state index contributed by atoms with van der Waals surface area (Å²) in [5.41, 5.74) is 1.04. The summed E-state index contributed by atoms with van der Waals surface area (Å²) in [5, 5.41) is 11.2. The second kappa shape index (κ2) is 8.42. The number of carbonyl (C=O) groups excluding carboxylic acids is 1. The third kappa shape index (κ3) is 5.40. The van der Waals surface area contributed by atoms with Crippen molar-refractivity contribution in [2.45, 2.75) is 5.75 Å². The number of ketones is 1. The zero-order valence-electron chi connectivity index (χ0n) is 14.8. The minimum atomic E-state index is -3.98. The van der Waals surface area contributed by atoms with E-state index >= 15 is 0 Å². The van der Waals surface area contributed by atoms with Crippen LogP contribution in [0.15, 0.2) is 72.8 Å². The normalized spacial score (nSPS) is 11.1. The van der Waals surface area contributed by atoms with E-state index in [2.05, 4.69) is 0 Å². The number of nitro groups is 1. The summed E-state index contributed by atoms with van der Waals surface area (Å²) in [5.74, 6) is -0.627. The molecule has 0 unspecified atom stereocenters. The number of rotatable bonds is 7. The molecule has 0 atom stereocenters. The van der Waals surface area contributed by atoms with Crippen LogP contribution >= 0.6 is 11.6 Å². The lowest BCUT2D eigenvalue weighted by Crippen LogP contribution is -2.12. The molecular formula is C20H14ClNO6S. The average Bonchev–Trinajstić information content (AvgIpc) is 2.68. The van der Waals surface area contributed by atoms with Crippen LogP contribution in [0.3, 0.4) is 0 Å². The third-order valence-corrected chi connectivity index (χ3v) is 5.32. The maximum atomic E-state index is 12.4. The van der Waals surface area contributed by atoms with Crippen LogP contribution in [-0.4, -0.2) is 19.1 Å². The Bertz CT molecular complexity index is 1140. The molecule has 0 saturated heterocycles. The van der Waals surface area contributed by atoms with Gasteiger partial charge in [-0.3, -0.25) is 14.9 Å². The number of hydrogen-bond acceptors (Lipinski definition) is 6. The van der Waals surface area contributed by atoms with Crippen LogP contribution in [0.1, 0.15) is 21.5 Å². The minimum absolute atomic E-state index is 0.0552. The van der Waals surface area contributed by atoms with Crippen molar-refractivity contribution in [2.75, 3.05) is 0 Å². The predicted molar refractivity (Wildman–Crippen MR) is 108 cm³/mol. The highest BCUT2D eigenvalue weighted by Gasteiger charge is 2.16. The molecular weight excluding hydrogens is 418 g/mol. The molecule has 0 fully saturated rings. The van der Waals surface area contributed by atoms with Gasteiger partial charge in [0.05, 0.1) is 4.92 Å². The van der Waals surface area contributed by atoms with Gasteiger partial charge in [0.15, 0.2) is 5.78 Å². The topological polar surface area (TPSA) is 104 Å². The summed E-state index contributed by atoms with van der Waals surface area (Å²) >= 11 is 5.81. The molecule has 0 spiro atoms. The van der Waals surface area contributed by atoms with E-state index in [0.717, 1.165) is 0 Å². The van der Waals surface area contributed by atoms with Crippen molar-refractivity contribution in [3.8, 4) is 5.75 Å². The van der Waals surface area contributed by atoms with Crippen LogP contribution in [-0.2, 0) is 15.9 Å². The highest BCUT2D eigenvalue weighted by molar-refractivity contribution is 7.86. The van der Waals surface area contributed by atoms with Gasteiger partial charge in [-0.2, -0.15) is 8.42 Å². The molecule has 3 aromatic rings. The lowest BCUT2D eigenvalue weighted by molar-refractivity contribution is -0.384. The third-order valence-electron chi connectivity index (χ3n) is 3.94. The fourth-order valence-electron chi connectivity index (χ4n) is 2.52. The van der Waals surface area contributed by atoms with Crippen LogP contribution in [0, 0.1) is 10.1 Å². The van der Waals surface area contributed by atoms with Crippen LogP contribution < -0.4 is 4.18 Å². The van der Waals surface area contributed by atoms with Gasteiger partial charge < -0.3 is 4.18 Å². The van der Waals surface area contributed by atoms with Gasteiger partial charge in [-0.25, -0.2) is 0 Å². The summed E-state index contributed by atoms with van der Waals surface area (Å²) in [4.78, 5) is 22.5. The second-order valence-electron chi connectivity index (χ2n) is 6.07. The van der Waals surface area contributed by atoms with Crippen LogP contribution in [0.4, 0.5) is 5.69 Å². The summed E-state index contributed by atoms with van der Waals surface area (Å²) < 4.78 is 29.5. The fraction of sp³-hybridized carbons (Fsp3) is 0.0500. The molecule has 9 heteroatoms. The Labute approximate surface area is 171 Å². The van der Waals surface area contributed by atoms with Gasteiger partial charge in [0, 0.05) is 28.3 Å². The molecule has 0 aliphatic rings. The molecule has 29 heavy (non-hydrogen) atoms. The maximum absolute atomic E-state index is 12.4. The maximum Gasteiger partial charge on any atom is 0.313 e.